The van der Waals surface area contributed by atoms with Gasteiger partial charge in [-0.2, -0.15) is 0 Å². The van der Waals surface area contributed by atoms with Crippen molar-refractivity contribution in [1.82, 2.24) is 10.2 Å². The summed E-state index contributed by atoms with van der Waals surface area (Å²) in [5, 5.41) is 3.90. The summed E-state index contributed by atoms with van der Waals surface area (Å²) in [6.45, 7) is 13.5. The Kier molecular flexibility index (Phi) is 5.99. The van der Waals surface area contributed by atoms with Crippen LogP contribution in [0.3, 0.4) is 0 Å². The van der Waals surface area contributed by atoms with Crippen molar-refractivity contribution in [3.63, 3.8) is 0 Å². The molecule has 4 nitrogen and oxygen atoms in total. The molecular formula is C19H36N2O2. The van der Waals surface area contributed by atoms with Gasteiger partial charge in [-0.25, -0.2) is 4.79 Å². The van der Waals surface area contributed by atoms with E-state index in [0.717, 1.165) is 31.2 Å². The van der Waals surface area contributed by atoms with Crippen LogP contribution in [0.2, 0.25) is 0 Å². The second-order valence-corrected chi connectivity index (χ2v) is 8.91. The molecule has 23 heavy (non-hydrogen) atoms. The maximum absolute atomic E-state index is 12.3. The van der Waals surface area contributed by atoms with Crippen molar-refractivity contribution in [3.05, 3.63) is 0 Å². The molecule has 5 atom stereocenters. The van der Waals surface area contributed by atoms with Crippen molar-refractivity contribution < 1.29 is 9.53 Å². The van der Waals surface area contributed by atoms with Gasteiger partial charge < -0.3 is 15.0 Å². The number of carbonyl (C=O) groups excluding carboxylic acids is 1. The van der Waals surface area contributed by atoms with Gasteiger partial charge in [0.05, 0.1) is 0 Å². The Hall–Kier alpha value is -0.770. The van der Waals surface area contributed by atoms with Gasteiger partial charge in [0, 0.05) is 24.7 Å². The van der Waals surface area contributed by atoms with Crippen molar-refractivity contribution in [2.75, 3.05) is 6.54 Å². The number of hydrogen-bond donors (Lipinski definition) is 1. The lowest BCUT2D eigenvalue weighted by atomic mass is 9.79. The van der Waals surface area contributed by atoms with E-state index >= 15 is 0 Å². The number of ether oxygens (including phenoxy) is 1. The van der Waals surface area contributed by atoms with Gasteiger partial charge >= 0.3 is 6.09 Å². The summed E-state index contributed by atoms with van der Waals surface area (Å²) in [4.78, 5) is 14.2. The minimum atomic E-state index is -0.417. The topological polar surface area (TPSA) is 41.6 Å². The minimum Gasteiger partial charge on any atom is -0.444 e. The molecule has 0 radical (unpaired) electrons. The summed E-state index contributed by atoms with van der Waals surface area (Å²) in [5.41, 5.74) is -0.417. The van der Waals surface area contributed by atoms with Crippen LogP contribution in [-0.2, 0) is 4.74 Å². The quantitative estimate of drug-likeness (QED) is 0.828. The first-order valence-electron chi connectivity index (χ1n) is 9.41. The van der Waals surface area contributed by atoms with Crippen LogP contribution in [0.15, 0.2) is 0 Å². The Morgan fingerprint density at radius 2 is 1.78 bits per heavy atom. The number of rotatable bonds is 2. The van der Waals surface area contributed by atoms with Crippen molar-refractivity contribution >= 4 is 6.09 Å². The SMILES string of the molecule is CC1CCC(C)C(NC2CCN(C(=O)OC(C)(C)C)C(C)C2)C1. The van der Waals surface area contributed by atoms with Crippen LogP contribution in [-0.4, -0.2) is 41.3 Å². The average Bonchev–Trinajstić information content (AvgIpc) is 2.41. The molecule has 0 aromatic rings. The zero-order chi connectivity index (χ0) is 17.2. The lowest BCUT2D eigenvalue weighted by Gasteiger charge is -2.42. The van der Waals surface area contributed by atoms with E-state index in [1.807, 2.05) is 25.7 Å². The number of likely N-dealkylation sites (tertiary alicyclic amines) is 1. The summed E-state index contributed by atoms with van der Waals surface area (Å²) in [7, 11) is 0. The smallest absolute Gasteiger partial charge is 0.410 e. The molecule has 0 aromatic heterocycles. The second kappa shape index (κ2) is 7.42. The number of hydrogen-bond acceptors (Lipinski definition) is 3. The molecule has 1 amide bonds. The Balaban J connectivity index is 1.85. The van der Waals surface area contributed by atoms with Gasteiger partial charge in [-0.3, -0.25) is 0 Å². The number of nitrogens with one attached hydrogen (secondary N) is 1. The van der Waals surface area contributed by atoms with E-state index in [-0.39, 0.29) is 12.1 Å². The van der Waals surface area contributed by atoms with E-state index in [2.05, 4.69) is 26.1 Å². The lowest BCUT2D eigenvalue weighted by molar-refractivity contribution is 0.00831. The van der Waals surface area contributed by atoms with Crippen LogP contribution in [0.1, 0.15) is 73.6 Å². The predicted molar refractivity (Wildman–Crippen MR) is 94.5 cm³/mol. The fourth-order valence-electron chi connectivity index (χ4n) is 3.98. The summed E-state index contributed by atoms with van der Waals surface area (Å²) < 4.78 is 5.53. The number of amides is 1. The highest BCUT2D eigenvalue weighted by Crippen LogP contribution is 2.30. The van der Waals surface area contributed by atoms with Crippen LogP contribution in [0.4, 0.5) is 4.79 Å². The first-order valence-corrected chi connectivity index (χ1v) is 9.41. The molecular weight excluding hydrogens is 288 g/mol. The summed E-state index contributed by atoms with van der Waals surface area (Å²) in [5.74, 6) is 1.60. The van der Waals surface area contributed by atoms with Crippen LogP contribution in [0.25, 0.3) is 0 Å². The summed E-state index contributed by atoms with van der Waals surface area (Å²) in [6, 6.07) is 1.41. The fraction of sp³-hybridized carbons (Fsp3) is 0.947. The lowest BCUT2D eigenvalue weighted by Crippen LogP contribution is -2.54. The zero-order valence-electron chi connectivity index (χ0n) is 15.9. The van der Waals surface area contributed by atoms with E-state index < -0.39 is 5.60 Å². The molecule has 2 aliphatic rings. The molecule has 1 aliphatic heterocycles. The maximum atomic E-state index is 12.3. The van der Waals surface area contributed by atoms with Crippen LogP contribution >= 0.6 is 0 Å². The third kappa shape index (κ3) is 5.37. The molecule has 1 aliphatic carbocycles. The molecule has 2 fully saturated rings. The fourth-order valence-corrected chi connectivity index (χ4v) is 3.98. The molecule has 1 saturated heterocycles. The highest BCUT2D eigenvalue weighted by atomic mass is 16.6. The van der Waals surface area contributed by atoms with Gasteiger partial charge in [0.2, 0.25) is 0 Å². The minimum absolute atomic E-state index is 0.164. The van der Waals surface area contributed by atoms with Gasteiger partial charge in [0.1, 0.15) is 5.60 Å². The normalized spacial score (nSPS) is 35.9. The Labute approximate surface area is 142 Å². The Morgan fingerprint density at radius 3 is 2.39 bits per heavy atom. The monoisotopic (exact) mass is 324 g/mol. The predicted octanol–water partition coefficient (Wildman–Crippen LogP) is 4.19. The molecule has 134 valence electrons. The second-order valence-electron chi connectivity index (χ2n) is 8.91. The van der Waals surface area contributed by atoms with E-state index in [1.54, 1.807) is 0 Å². The third-order valence-corrected chi connectivity index (χ3v) is 5.41. The Morgan fingerprint density at radius 1 is 1.09 bits per heavy atom. The van der Waals surface area contributed by atoms with E-state index in [0.29, 0.717) is 12.1 Å². The molecule has 5 unspecified atom stereocenters. The Bertz CT molecular complexity index is 405. The molecule has 0 bridgehead atoms. The van der Waals surface area contributed by atoms with Crippen molar-refractivity contribution in [2.24, 2.45) is 11.8 Å². The molecule has 0 spiro atoms. The third-order valence-electron chi connectivity index (χ3n) is 5.41. The zero-order valence-corrected chi connectivity index (χ0v) is 15.9. The van der Waals surface area contributed by atoms with Crippen LogP contribution < -0.4 is 5.32 Å². The van der Waals surface area contributed by atoms with Gasteiger partial charge in [-0.05, 0) is 65.2 Å². The van der Waals surface area contributed by atoms with Crippen molar-refractivity contribution in [1.29, 1.82) is 0 Å². The molecule has 4 heteroatoms. The van der Waals surface area contributed by atoms with Gasteiger partial charge in [0.25, 0.3) is 0 Å². The van der Waals surface area contributed by atoms with E-state index in [4.69, 9.17) is 4.74 Å². The first-order chi connectivity index (χ1) is 10.7. The number of piperidine rings is 1. The van der Waals surface area contributed by atoms with E-state index in [9.17, 15) is 4.79 Å². The van der Waals surface area contributed by atoms with Crippen LogP contribution in [0, 0.1) is 11.8 Å². The van der Waals surface area contributed by atoms with Crippen molar-refractivity contribution in [2.45, 2.75) is 97.4 Å². The van der Waals surface area contributed by atoms with Gasteiger partial charge in [-0.1, -0.05) is 20.3 Å². The molecule has 1 N–H and O–H groups in total. The van der Waals surface area contributed by atoms with Gasteiger partial charge in [0.15, 0.2) is 0 Å². The largest absolute Gasteiger partial charge is 0.444 e. The first kappa shape index (κ1) is 18.6. The number of carbonyl (C=O) groups is 1. The van der Waals surface area contributed by atoms with Gasteiger partial charge in [-0.15, -0.1) is 0 Å². The average molecular weight is 325 g/mol. The standard InChI is InChI=1S/C19H36N2O2/c1-13-7-8-14(2)17(11-13)20-16-9-10-21(15(3)12-16)18(22)23-19(4,5)6/h13-17,20H,7-12H2,1-6H3. The van der Waals surface area contributed by atoms with Crippen molar-refractivity contribution in [3.8, 4) is 0 Å². The van der Waals surface area contributed by atoms with E-state index in [1.165, 1.54) is 19.3 Å². The molecule has 0 aromatic carbocycles. The highest BCUT2D eigenvalue weighted by molar-refractivity contribution is 5.68. The highest BCUT2D eigenvalue weighted by Gasteiger charge is 2.34. The maximum Gasteiger partial charge on any atom is 0.410 e. The van der Waals surface area contributed by atoms with Crippen LogP contribution in [0.5, 0.6) is 0 Å². The number of nitrogens with zero attached hydrogens (tertiary/aromatic N) is 1. The molecule has 1 heterocycles. The molecule has 1 saturated carbocycles. The summed E-state index contributed by atoms with van der Waals surface area (Å²) in [6.07, 6.45) is 5.89. The summed E-state index contributed by atoms with van der Waals surface area (Å²) >= 11 is 0. The molecule has 2 rings (SSSR count).